The van der Waals surface area contributed by atoms with E-state index in [-0.39, 0.29) is 0 Å². The number of aromatic nitrogens is 4. The number of imidazole rings is 1. The maximum Gasteiger partial charge on any atom is 0.203 e. The van der Waals surface area contributed by atoms with Crippen LogP contribution in [-0.4, -0.2) is 19.3 Å². The molecule has 0 amide bonds. The predicted octanol–water partition coefficient (Wildman–Crippen LogP) is 1.41. The summed E-state index contributed by atoms with van der Waals surface area (Å²) in [5.74, 6) is 0.838. The van der Waals surface area contributed by atoms with Gasteiger partial charge in [0.05, 0.1) is 12.2 Å². The SMILES string of the molecule is C=CCn1ccnc1NCc1ccn(C)n1. The number of hydrogen-bond acceptors (Lipinski definition) is 3. The molecule has 0 fully saturated rings. The van der Waals surface area contributed by atoms with Crippen LogP contribution < -0.4 is 5.32 Å². The van der Waals surface area contributed by atoms with Crippen LogP contribution in [-0.2, 0) is 20.1 Å². The fraction of sp³-hybridized carbons (Fsp3) is 0.273. The van der Waals surface area contributed by atoms with Crippen molar-refractivity contribution in [2.45, 2.75) is 13.1 Å². The molecule has 2 aromatic heterocycles. The van der Waals surface area contributed by atoms with Crippen LogP contribution in [0, 0.1) is 0 Å². The molecule has 2 aromatic rings. The van der Waals surface area contributed by atoms with Crippen LogP contribution in [0.1, 0.15) is 5.69 Å². The van der Waals surface area contributed by atoms with E-state index < -0.39 is 0 Å². The number of rotatable bonds is 5. The number of hydrogen-bond donors (Lipinski definition) is 1. The summed E-state index contributed by atoms with van der Waals surface area (Å²) in [7, 11) is 1.90. The molecule has 2 rings (SSSR count). The van der Waals surface area contributed by atoms with E-state index in [9.17, 15) is 0 Å². The standard InChI is InChI=1S/C11H15N5/c1-3-6-16-8-5-12-11(16)13-9-10-4-7-15(2)14-10/h3-5,7-8H,1,6,9H2,2H3,(H,12,13). The number of anilines is 1. The Hall–Kier alpha value is -2.04. The lowest BCUT2D eigenvalue weighted by Crippen LogP contribution is -2.07. The molecule has 5 heteroatoms. The van der Waals surface area contributed by atoms with Gasteiger partial charge in [0.2, 0.25) is 5.95 Å². The highest BCUT2D eigenvalue weighted by molar-refractivity contribution is 5.27. The lowest BCUT2D eigenvalue weighted by atomic mass is 10.4. The van der Waals surface area contributed by atoms with Gasteiger partial charge in [-0.1, -0.05) is 6.08 Å². The van der Waals surface area contributed by atoms with Crippen LogP contribution in [0.3, 0.4) is 0 Å². The molecule has 0 aliphatic heterocycles. The second-order valence-corrected chi connectivity index (χ2v) is 3.53. The van der Waals surface area contributed by atoms with Crippen molar-refractivity contribution in [1.29, 1.82) is 0 Å². The van der Waals surface area contributed by atoms with E-state index in [4.69, 9.17) is 0 Å². The van der Waals surface area contributed by atoms with Crippen molar-refractivity contribution in [2.75, 3.05) is 5.32 Å². The Bertz CT molecular complexity index is 468. The molecule has 16 heavy (non-hydrogen) atoms. The average Bonchev–Trinajstić information content (AvgIpc) is 2.85. The summed E-state index contributed by atoms with van der Waals surface area (Å²) in [5, 5.41) is 7.52. The third kappa shape index (κ3) is 2.31. The van der Waals surface area contributed by atoms with Crippen LogP contribution >= 0.6 is 0 Å². The summed E-state index contributed by atoms with van der Waals surface area (Å²) in [5.41, 5.74) is 0.996. The summed E-state index contributed by atoms with van der Waals surface area (Å²) in [4.78, 5) is 4.23. The van der Waals surface area contributed by atoms with Crippen LogP contribution in [0.2, 0.25) is 0 Å². The van der Waals surface area contributed by atoms with Crippen molar-refractivity contribution in [3.63, 3.8) is 0 Å². The maximum absolute atomic E-state index is 4.28. The predicted molar refractivity (Wildman–Crippen MR) is 63.0 cm³/mol. The van der Waals surface area contributed by atoms with Crippen molar-refractivity contribution >= 4 is 5.95 Å². The van der Waals surface area contributed by atoms with Gasteiger partial charge in [0.25, 0.3) is 0 Å². The fourth-order valence-corrected chi connectivity index (χ4v) is 1.49. The van der Waals surface area contributed by atoms with E-state index in [0.29, 0.717) is 6.54 Å². The Morgan fingerprint density at radius 2 is 2.38 bits per heavy atom. The number of nitrogens with one attached hydrogen (secondary N) is 1. The van der Waals surface area contributed by atoms with Crippen LogP contribution in [0.4, 0.5) is 5.95 Å². The van der Waals surface area contributed by atoms with E-state index >= 15 is 0 Å². The monoisotopic (exact) mass is 217 g/mol. The van der Waals surface area contributed by atoms with Gasteiger partial charge < -0.3 is 9.88 Å². The summed E-state index contributed by atoms with van der Waals surface area (Å²) in [6, 6.07) is 1.98. The van der Waals surface area contributed by atoms with Gasteiger partial charge in [-0.05, 0) is 6.07 Å². The van der Waals surface area contributed by atoms with Gasteiger partial charge in [-0.3, -0.25) is 4.68 Å². The zero-order valence-electron chi connectivity index (χ0n) is 9.30. The largest absolute Gasteiger partial charge is 0.350 e. The summed E-state index contributed by atoms with van der Waals surface area (Å²) >= 11 is 0. The molecule has 0 spiro atoms. The van der Waals surface area contributed by atoms with Gasteiger partial charge in [0.15, 0.2) is 0 Å². The Balaban J connectivity index is 1.98. The Kier molecular flexibility index (Phi) is 3.05. The minimum atomic E-state index is 0.676. The molecule has 0 aliphatic carbocycles. The van der Waals surface area contributed by atoms with Gasteiger partial charge in [0, 0.05) is 32.2 Å². The minimum absolute atomic E-state index is 0.676. The third-order valence-electron chi connectivity index (χ3n) is 2.24. The highest BCUT2D eigenvalue weighted by Crippen LogP contribution is 2.06. The second-order valence-electron chi connectivity index (χ2n) is 3.53. The molecule has 0 saturated carbocycles. The van der Waals surface area contributed by atoms with Crippen molar-refractivity contribution in [1.82, 2.24) is 19.3 Å². The normalized spacial score (nSPS) is 10.3. The van der Waals surface area contributed by atoms with Gasteiger partial charge in [-0.25, -0.2) is 4.98 Å². The van der Waals surface area contributed by atoms with Crippen LogP contribution in [0.25, 0.3) is 0 Å². The minimum Gasteiger partial charge on any atom is -0.350 e. The lowest BCUT2D eigenvalue weighted by Gasteiger charge is -2.06. The molecular weight excluding hydrogens is 202 g/mol. The van der Waals surface area contributed by atoms with Crippen molar-refractivity contribution in [2.24, 2.45) is 7.05 Å². The molecule has 2 heterocycles. The summed E-state index contributed by atoms with van der Waals surface area (Å²) < 4.78 is 3.78. The first kappa shape index (κ1) is 10.5. The van der Waals surface area contributed by atoms with Crippen molar-refractivity contribution in [3.8, 4) is 0 Å². The zero-order chi connectivity index (χ0) is 11.4. The molecule has 0 atom stereocenters. The highest BCUT2D eigenvalue weighted by Gasteiger charge is 2.01. The second kappa shape index (κ2) is 4.65. The number of aryl methyl sites for hydroxylation is 1. The third-order valence-corrected chi connectivity index (χ3v) is 2.24. The quantitative estimate of drug-likeness (QED) is 0.770. The van der Waals surface area contributed by atoms with E-state index in [0.717, 1.165) is 18.2 Å². The first-order valence-corrected chi connectivity index (χ1v) is 5.14. The van der Waals surface area contributed by atoms with E-state index in [1.165, 1.54) is 0 Å². The molecular formula is C11H15N5. The van der Waals surface area contributed by atoms with Gasteiger partial charge in [-0.2, -0.15) is 5.10 Å². The zero-order valence-corrected chi connectivity index (χ0v) is 9.30. The van der Waals surface area contributed by atoms with Crippen LogP contribution in [0.15, 0.2) is 37.3 Å². The first-order chi connectivity index (χ1) is 7.79. The number of nitrogens with zero attached hydrogens (tertiary/aromatic N) is 4. The Morgan fingerprint density at radius 3 is 3.06 bits per heavy atom. The molecule has 5 nitrogen and oxygen atoms in total. The Morgan fingerprint density at radius 1 is 1.50 bits per heavy atom. The molecule has 84 valence electrons. The summed E-state index contributed by atoms with van der Waals surface area (Å²) in [6.07, 6.45) is 7.45. The molecule has 1 N–H and O–H groups in total. The first-order valence-electron chi connectivity index (χ1n) is 5.14. The van der Waals surface area contributed by atoms with Crippen molar-refractivity contribution < 1.29 is 0 Å². The Labute approximate surface area is 94.4 Å². The molecule has 0 saturated heterocycles. The smallest absolute Gasteiger partial charge is 0.203 e. The molecule has 0 aromatic carbocycles. The fourth-order valence-electron chi connectivity index (χ4n) is 1.49. The van der Waals surface area contributed by atoms with E-state index in [1.54, 1.807) is 10.9 Å². The highest BCUT2D eigenvalue weighted by atomic mass is 15.3. The maximum atomic E-state index is 4.28. The van der Waals surface area contributed by atoms with Gasteiger partial charge in [-0.15, -0.1) is 6.58 Å². The molecule has 0 radical (unpaired) electrons. The topological polar surface area (TPSA) is 47.7 Å². The van der Waals surface area contributed by atoms with Gasteiger partial charge >= 0.3 is 0 Å². The van der Waals surface area contributed by atoms with Gasteiger partial charge in [0.1, 0.15) is 0 Å². The summed E-state index contributed by atoms with van der Waals surface area (Å²) in [6.45, 7) is 5.14. The molecule has 0 bridgehead atoms. The average molecular weight is 217 g/mol. The van der Waals surface area contributed by atoms with Crippen molar-refractivity contribution in [3.05, 3.63) is 43.0 Å². The molecule has 0 aliphatic rings. The number of allylic oxidation sites excluding steroid dienone is 1. The lowest BCUT2D eigenvalue weighted by molar-refractivity contribution is 0.743. The van der Waals surface area contributed by atoms with E-state index in [1.807, 2.05) is 36.2 Å². The van der Waals surface area contributed by atoms with Crippen LogP contribution in [0.5, 0.6) is 0 Å². The molecule has 0 unspecified atom stereocenters. The van der Waals surface area contributed by atoms with E-state index in [2.05, 4.69) is 22.0 Å².